The molecule has 0 radical (unpaired) electrons. The van der Waals surface area contributed by atoms with Crippen molar-refractivity contribution in [1.29, 1.82) is 0 Å². The van der Waals surface area contributed by atoms with E-state index in [1.807, 2.05) is 60.7 Å². The molecule has 0 spiro atoms. The lowest BCUT2D eigenvalue weighted by Gasteiger charge is -2.24. The first-order valence-electron chi connectivity index (χ1n) is 7.89. The first-order valence-corrected chi connectivity index (χ1v) is 7.89. The van der Waals surface area contributed by atoms with Crippen molar-refractivity contribution >= 4 is 11.5 Å². The number of carbonyl (C=O) groups is 1. The zero-order chi connectivity index (χ0) is 15.9. The molecular weight excluding hydrogens is 288 g/mol. The highest BCUT2D eigenvalue weighted by molar-refractivity contribution is 5.97. The van der Waals surface area contributed by atoms with Crippen LogP contribution in [0, 0.1) is 0 Å². The number of rotatable bonds is 6. The van der Waals surface area contributed by atoms with Gasteiger partial charge in [-0.25, -0.2) is 0 Å². The highest BCUT2D eigenvalue weighted by Gasteiger charge is 2.22. The normalized spacial score (nSPS) is 17.5. The maximum atomic E-state index is 11.9. The molecule has 2 aromatic rings. The summed E-state index contributed by atoms with van der Waals surface area (Å²) in [4.78, 5) is 11.9. The molecule has 0 aliphatic carbocycles. The van der Waals surface area contributed by atoms with E-state index in [-0.39, 0.29) is 11.9 Å². The summed E-state index contributed by atoms with van der Waals surface area (Å²) in [5.41, 5.74) is 2.09. The number of carbonyl (C=O) groups excluding carboxylic acids is 1. The Balaban J connectivity index is 1.50. The molecule has 3 nitrogen and oxygen atoms in total. The summed E-state index contributed by atoms with van der Waals surface area (Å²) in [5.74, 6) is 0.776. The maximum Gasteiger partial charge on any atom is 0.163 e. The van der Waals surface area contributed by atoms with E-state index >= 15 is 0 Å². The Labute approximate surface area is 136 Å². The first kappa shape index (κ1) is 15.5. The van der Waals surface area contributed by atoms with Gasteiger partial charge in [-0.3, -0.25) is 4.79 Å². The van der Waals surface area contributed by atoms with Crippen molar-refractivity contribution in [3.05, 3.63) is 77.9 Å². The van der Waals surface area contributed by atoms with E-state index in [0.29, 0.717) is 31.8 Å². The lowest BCUT2D eigenvalue weighted by atomic mass is 10.0. The smallest absolute Gasteiger partial charge is 0.163 e. The van der Waals surface area contributed by atoms with E-state index in [4.69, 9.17) is 9.47 Å². The maximum absolute atomic E-state index is 11.9. The van der Waals surface area contributed by atoms with E-state index in [9.17, 15) is 4.79 Å². The van der Waals surface area contributed by atoms with Gasteiger partial charge in [0.05, 0.1) is 13.2 Å². The second-order valence-corrected chi connectivity index (χ2v) is 5.61. The van der Waals surface area contributed by atoms with Crippen molar-refractivity contribution < 1.29 is 14.3 Å². The lowest BCUT2D eigenvalue weighted by molar-refractivity contribution is -0.117. The Bertz CT molecular complexity index is 662. The second kappa shape index (κ2) is 7.75. The zero-order valence-electron chi connectivity index (χ0n) is 13.0. The largest absolute Gasteiger partial charge is 0.489 e. The lowest BCUT2D eigenvalue weighted by Crippen LogP contribution is -2.23. The fraction of sp³-hybridized carbons (Fsp3) is 0.250. The van der Waals surface area contributed by atoms with Gasteiger partial charge in [0.2, 0.25) is 0 Å². The summed E-state index contributed by atoms with van der Waals surface area (Å²) in [6, 6.07) is 19.8. The highest BCUT2D eigenvalue weighted by atomic mass is 16.5. The van der Waals surface area contributed by atoms with E-state index in [0.717, 1.165) is 11.1 Å². The molecule has 1 atom stereocenters. The Morgan fingerprint density at radius 2 is 1.70 bits per heavy atom. The van der Waals surface area contributed by atoms with Gasteiger partial charge in [0.25, 0.3) is 0 Å². The van der Waals surface area contributed by atoms with Crippen molar-refractivity contribution in [3.8, 4) is 0 Å². The van der Waals surface area contributed by atoms with E-state index in [2.05, 4.69) is 0 Å². The van der Waals surface area contributed by atoms with Crippen LogP contribution in [0.4, 0.5) is 0 Å². The molecular formula is C20H20O3. The number of ether oxygens (including phenoxy) is 2. The molecule has 0 N–H and O–H groups in total. The average Bonchev–Trinajstić information content (AvgIpc) is 2.60. The van der Waals surface area contributed by atoms with E-state index < -0.39 is 0 Å². The molecule has 0 amide bonds. The van der Waals surface area contributed by atoms with Crippen molar-refractivity contribution in [3.63, 3.8) is 0 Å². The summed E-state index contributed by atoms with van der Waals surface area (Å²) in [7, 11) is 0. The summed E-state index contributed by atoms with van der Waals surface area (Å²) in [6.07, 6.45) is 2.61. The van der Waals surface area contributed by atoms with Gasteiger partial charge in [-0.15, -0.1) is 0 Å². The van der Waals surface area contributed by atoms with Crippen LogP contribution in [0.25, 0.3) is 5.76 Å². The Hall–Kier alpha value is -2.39. The number of hydrogen-bond donors (Lipinski definition) is 0. The minimum Gasteiger partial charge on any atom is -0.489 e. The predicted molar refractivity (Wildman–Crippen MR) is 89.6 cm³/mol. The minimum absolute atomic E-state index is 0.113. The van der Waals surface area contributed by atoms with Crippen LogP contribution >= 0.6 is 0 Å². The number of benzene rings is 2. The van der Waals surface area contributed by atoms with E-state index in [1.165, 1.54) is 0 Å². The van der Waals surface area contributed by atoms with Crippen LogP contribution in [0.5, 0.6) is 0 Å². The van der Waals surface area contributed by atoms with Gasteiger partial charge >= 0.3 is 0 Å². The molecule has 23 heavy (non-hydrogen) atoms. The monoisotopic (exact) mass is 308 g/mol. The number of allylic oxidation sites excluding steroid dienone is 1. The first-order chi connectivity index (χ1) is 11.3. The molecule has 1 aliphatic heterocycles. The molecule has 118 valence electrons. The van der Waals surface area contributed by atoms with Gasteiger partial charge in [0.1, 0.15) is 11.9 Å². The Kier molecular flexibility index (Phi) is 5.22. The molecule has 3 heteroatoms. The summed E-state index contributed by atoms with van der Waals surface area (Å²) in [6.45, 7) is 1.16. The molecule has 0 saturated carbocycles. The van der Waals surface area contributed by atoms with Gasteiger partial charge in [-0.05, 0) is 5.56 Å². The van der Waals surface area contributed by atoms with Crippen molar-refractivity contribution in [2.24, 2.45) is 0 Å². The molecule has 1 aliphatic rings. The summed E-state index contributed by atoms with van der Waals surface area (Å²) < 4.78 is 11.6. The van der Waals surface area contributed by atoms with Crippen LogP contribution in [0.2, 0.25) is 0 Å². The summed E-state index contributed by atoms with van der Waals surface area (Å²) in [5, 5.41) is 0. The molecule has 0 saturated heterocycles. The highest BCUT2D eigenvalue weighted by Crippen LogP contribution is 2.25. The van der Waals surface area contributed by atoms with Crippen LogP contribution in [0.15, 0.2) is 66.7 Å². The third-order valence-corrected chi connectivity index (χ3v) is 3.77. The van der Waals surface area contributed by atoms with Gasteiger partial charge < -0.3 is 9.47 Å². The van der Waals surface area contributed by atoms with Crippen molar-refractivity contribution in [1.82, 2.24) is 0 Å². The van der Waals surface area contributed by atoms with Crippen molar-refractivity contribution in [2.75, 3.05) is 6.61 Å². The minimum atomic E-state index is -0.113. The third-order valence-electron chi connectivity index (χ3n) is 3.77. The van der Waals surface area contributed by atoms with Crippen LogP contribution in [-0.4, -0.2) is 18.5 Å². The van der Waals surface area contributed by atoms with Crippen LogP contribution in [0.3, 0.4) is 0 Å². The van der Waals surface area contributed by atoms with E-state index in [1.54, 1.807) is 6.08 Å². The fourth-order valence-corrected chi connectivity index (χ4v) is 2.58. The van der Waals surface area contributed by atoms with Crippen LogP contribution in [-0.2, 0) is 20.9 Å². The molecule has 0 aromatic heterocycles. The molecule has 0 unspecified atom stereocenters. The zero-order valence-corrected chi connectivity index (χ0v) is 13.0. The van der Waals surface area contributed by atoms with Crippen molar-refractivity contribution in [2.45, 2.75) is 25.6 Å². The molecule has 0 bridgehead atoms. The number of ketones is 1. The molecule has 2 aromatic carbocycles. The average molecular weight is 308 g/mol. The topological polar surface area (TPSA) is 35.5 Å². The fourth-order valence-electron chi connectivity index (χ4n) is 2.58. The standard InChI is InChI=1S/C20H20O3/c21-18-13-19(11-12-22-15-16-7-3-1-4-8-16)23-20(14-18)17-9-5-2-6-10-17/h1-10,14,19H,11-13,15H2/t19-/m1/s1. The third kappa shape index (κ3) is 4.54. The molecule has 0 fully saturated rings. The van der Waals surface area contributed by atoms with Gasteiger partial charge in [-0.2, -0.15) is 0 Å². The molecule has 3 rings (SSSR count). The van der Waals surface area contributed by atoms with Crippen LogP contribution < -0.4 is 0 Å². The van der Waals surface area contributed by atoms with Gasteiger partial charge in [-0.1, -0.05) is 60.7 Å². The Morgan fingerprint density at radius 3 is 2.43 bits per heavy atom. The molecule has 1 heterocycles. The summed E-state index contributed by atoms with van der Waals surface area (Å²) >= 11 is 0. The van der Waals surface area contributed by atoms with Gasteiger partial charge in [0.15, 0.2) is 5.78 Å². The quantitative estimate of drug-likeness (QED) is 0.757. The SMILES string of the molecule is O=C1C=C(c2ccccc2)O[C@H](CCOCc2ccccc2)C1. The number of hydrogen-bond acceptors (Lipinski definition) is 3. The predicted octanol–water partition coefficient (Wildman–Crippen LogP) is 3.99. The van der Waals surface area contributed by atoms with Crippen LogP contribution in [0.1, 0.15) is 24.0 Å². The van der Waals surface area contributed by atoms with Gasteiger partial charge in [0, 0.05) is 24.5 Å². The second-order valence-electron chi connectivity index (χ2n) is 5.61. The Morgan fingerprint density at radius 1 is 1.00 bits per heavy atom.